The van der Waals surface area contributed by atoms with Gasteiger partial charge in [0.15, 0.2) is 0 Å². The minimum Gasteiger partial charge on any atom is -0.497 e. The monoisotopic (exact) mass is 368 g/mol. The van der Waals surface area contributed by atoms with E-state index in [9.17, 15) is 9.59 Å². The van der Waals surface area contributed by atoms with Gasteiger partial charge < -0.3 is 19.7 Å². The standard InChI is InChI=1S/C21H24N2O4/c1-26-18-12-16(13-19(14-18)27-2)20(24)22-17-8-6-15(7-9-17)21(25)23-10-4-3-5-11-23/h6-9,12-14H,3-5,10-11H2,1-2H3,(H,22,24). The lowest BCUT2D eigenvalue weighted by Crippen LogP contribution is -2.35. The van der Waals surface area contributed by atoms with Crippen molar-refractivity contribution in [3.8, 4) is 11.5 Å². The largest absolute Gasteiger partial charge is 0.497 e. The number of carbonyl (C=O) groups excluding carboxylic acids is 2. The molecule has 0 unspecified atom stereocenters. The van der Waals surface area contributed by atoms with E-state index in [1.54, 1.807) is 42.5 Å². The third-order valence-corrected chi connectivity index (χ3v) is 4.65. The summed E-state index contributed by atoms with van der Waals surface area (Å²) in [5.74, 6) is 0.858. The lowest BCUT2D eigenvalue weighted by atomic mass is 10.1. The van der Waals surface area contributed by atoms with Gasteiger partial charge in [0.05, 0.1) is 14.2 Å². The van der Waals surface area contributed by atoms with Crippen molar-refractivity contribution < 1.29 is 19.1 Å². The molecule has 1 N–H and O–H groups in total. The van der Waals surface area contributed by atoms with Crippen molar-refractivity contribution in [3.05, 3.63) is 53.6 Å². The summed E-state index contributed by atoms with van der Waals surface area (Å²) in [7, 11) is 3.07. The van der Waals surface area contributed by atoms with E-state index < -0.39 is 0 Å². The Labute approximate surface area is 159 Å². The highest BCUT2D eigenvalue weighted by Gasteiger charge is 2.18. The van der Waals surface area contributed by atoms with Crippen LogP contribution in [0.2, 0.25) is 0 Å². The smallest absolute Gasteiger partial charge is 0.255 e. The fourth-order valence-corrected chi connectivity index (χ4v) is 3.12. The van der Waals surface area contributed by atoms with Crippen molar-refractivity contribution in [2.45, 2.75) is 19.3 Å². The Morgan fingerprint density at radius 1 is 0.852 bits per heavy atom. The van der Waals surface area contributed by atoms with Crippen molar-refractivity contribution >= 4 is 17.5 Å². The molecule has 0 aliphatic carbocycles. The molecule has 0 radical (unpaired) electrons. The molecular formula is C21H24N2O4. The summed E-state index contributed by atoms with van der Waals surface area (Å²) in [6.45, 7) is 1.63. The van der Waals surface area contributed by atoms with Gasteiger partial charge in [0.1, 0.15) is 11.5 Å². The number of nitrogens with zero attached hydrogens (tertiary/aromatic N) is 1. The molecule has 0 bridgehead atoms. The van der Waals surface area contributed by atoms with Crippen LogP contribution in [0.1, 0.15) is 40.0 Å². The molecule has 0 spiro atoms. The maximum absolute atomic E-state index is 12.5. The molecule has 6 nitrogen and oxygen atoms in total. The molecule has 6 heteroatoms. The first-order chi connectivity index (χ1) is 13.1. The van der Waals surface area contributed by atoms with Crippen LogP contribution in [0.3, 0.4) is 0 Å². The van der Waals surface area contributed by atoms with E-state index in [0.717, 1.165) is 25.9 Å². The minimum atomic E-state index is -0.276. The second kappa shape index (κ2) is 8.58. The highest BCUT2D eigenvalue weighted by molar-refractivity contribution is 6.05. The zero-order chi connectivity index (χ0) is 19.2. The topological polar surface area (TPSA) is 67.9 Å². The molecule has 2 amide bonds. The third-order valence-electron chi connectivity index (χ3n) is 4.65. The molecule has 142 valence electrons. The van der Waals surface area contributed by atoms with Crippen molar-refractivity contribution in [3.63, 3.8) is 0 Å². The summed E-state index contributed by atoms with van der Waals surface area (Å²) in [6, 6.07) is 12.0. The quantitative estimate of drug-likeness (QED) is 0.876. The Morgan fingerprint density at radius 3 is 2.00 bits per heavy atom. The molecule has 2 aromatic carbocycles. The second-order valence-corrected chi connectivity index (χ2v) is 6.49. The number of likely N-dealkylation sites (tertiary alicyclic amines) is 1. The summed E-state index contributed by atoms with van der Waals surface area (Å²) in [5, 5.41) is 2.83. The van der Waals surface area contributed by atoms with Gasteiger partial charge in [-0.15, -0.1) is 0 Å². The normalized spacial score (nSPS) is 13.8. The van der Waals surface area contributed by atoms with Crippen LogP contribution < -0.4 is 14.8 Å². The Hall–Kier alpha value is -3.02. The van der Waals surface area contributed by atoms with Crippen LogP contribution in [0.25, 0.3) is 0 Å². The number of ether oxygens (including phenoxy) is 2. The number of rotatable bonds is 5. The number of piperidine rings is 1. The maximum Gasteiger partial charge on any atom is 0.255 e. The summed E-state index contributed by atoms with van der Waals surface area (Å²) in [6.07, 6.45) is 3.30. The number of hydrogen-bond acceptors (Lipinski definition) is 4. The van der Waals surface area contributed by atoms with Crippen LogP contribution in [0, 0.1) is 0 Å². The molecule has 0 saturated carbocycles. The van der Waals surface area contributed by atoms with Gasteiger partial charge >= 0.3 is 0 Å². The summed E-state index contributed by atoms with van der Waals surface area (Å²) >= 11 is 0. The molecule has 1 aliphatic heterocycles. The van der Waals surface area contributed by atoms with E-state index in [2.05, 4.69) is 5.32 Å². The van der Waals surface area contributed by atoms with Gasteiger partial charge in [0, 0.05) is 36.0 Å². The number of methoxy groups -OCH3 is 2. The fourth-order valence-electron chi connectivity index (χ4n) is 3.12. The number of carbonyl (C=O) groups is 2. The first kappa shape index (κ1) is 18.8. The average Bonchev–Trinajstić information content (AvgIpc) is 2.74. The van der Waals surface area contributed by atoms with Crippen molar-refractivity contribution in [2.24, 2.45) is 0 Å². The predicted octanol–water partition coefficient (Wildman–Crippen LogP) is 3.58. The first-order valence-corrected chi connectivity index (χ1v) is 9.04. The van der Waals surface area contributed by atoms with Gasteiger partial charge in [0.25, 0.3) is 11.8 Å². The minimum absolute atomic E-state index is 0.0464. The van der Waals surface area contributed by atoms with Crippen LogP contribution in [0.5, 0.6) is 11.5 Å². The van der Waals surface area contributed by atoms with E-state index in [1.807, 2.05) is 4.90 Å². The van der Waals surface area contributed by atoms with E-state index in [1.165, 1.54) is 20.6 Å². The Bertz CT molecular complexity index is 789. The molecular weight excluding hydrogens is 344 g/mol. The van der Waals surface area contributed by atoms with E-state index in [-0.39, 0.29) is 11.8 Å². The highest BCUT2D eigenvalue weighted by Crippen LogP contribution is 2.23. The van der Waals surface area contributed by atoms with E-state index in [4.69, 9.17) is 9.47 Å². The molecule has 1 saturated heterocycles. The molecule has 1 fully saturated rings. The molecule has 3 rings (SSSR count). The summed E-state index contributed by atoms with van der Waals surface area (Å²) < 4.78 is 10.4. The van der Waals surface area contributed by atoms with Crippen LogP contribution in [0.4, 0.5) is 5.69 Å². The molecule has 0 atom stereocenters. The summed E-state index contributed by atoms with van der Waals surface area (Å²) in [5.41, 5.74) is 1.69. The fraction of sp³-hybridized carbons (Fsp3) is 0.333. The Kier molecular flexibility index (Phi) is 5.96. The first-order valence-electron chi connectivity index (χ1n) is 9.04. The highest BCUT2D eigenvalue weighted by atomic mass is 16.5. The molecule has 1 aliphatic rings. The van der Waals surface area contributed by atoms with Gasteiger partial charge in [0.2, 0.25) is 0 Å². The third kappa shape index (κ3) is 4.58. The van der Waals surface area contributed by atoms with E-state index in [0.29, 0.717) is 28.3 Å². The van der Waals surface area contributed by atoms with Gasteiger partial charge in [-0.05, 0) is 55.7 Å². The Morgan fingerprint density at radius 2 is 1.44 bits per heavy atom. The van der Waals surface area contributed by atoms with Crippen LogP contribution >= 0.6 is 0 Å². The summed E-state index contributed by atoms with van der Waals surface area (Å²) in [4.78, 5) is 26.9. The Balaban J connectivity index is 1.69. The van der Waals surface area contributed by atoms with Gasteiger partial charge in [-0.1, -0.05) is 0 Å². The number of hydrogen-bond donors (Lipinski definition) is 1. The zero-order valence-corrected chi connectivity index (χ0v) is 15.7. The van der Waals surface area contributed by atoms with Crippen molar-refractivity contribution in [2.75, 3.05) is 32.6 Å². The second-order valence-electron chi connectivity index (χ2n) is 6.49. The van der Waals surface area contributed by atoms with Gasteiger partial charge in [-0.25, -0.2) is 0 Å². The predicted molar refractivity (Wildman–Crippen MR) is 104 cm³/mol. The average molecular weight is 368 g/mol. The van der Waals surface area contributed by atoms with Crippen molar-refractivity contribution in [1.82, 2.24) is 4.90 Å². The number of anilines is 1. The molecule has 2 aromatic rings. The van der Waals surface area contributed by atoms with E-state index >= 15 is 0 Å². The lowest BCUT2D eigenvalue weighted by Gasteiger charge is -2.26. The van der Waals surface area contributed by atoms with Gasteiger partial charge in [-0.3, -0.25) is 9.59 Å². The van der Waals surface area contributed by atoms with Crippen LogP contribution in [0.15, 0.2) is 42.5 Å². The zero-order valence-electron chi connectivity index (χ0n) is 15.7. The molecule has 0 aromatic heterocycles. The van der Waals surface area contributed by atoms with Gasteiger partial charge in [-0.2, -0.15) is 0 Å². The number of nitrogens with one attached hydrogen (secondary N) is 1. The maximum atomic E-state index is 12.5. The SMILES string of the molecule is COc1cc(OC)cc(C(=O)Nc2ccc(C(=O)N3CCCCC3)cc2)c1. The molecule has 27 heavy (non-hydrogen) atoms. The molecule has 1 heterocycles. The number of benzene rings is 2. The van der Waals surface area contributed by atoms with Crippen LogP contribution in [-0.4, -0.2) is 44.0 Å². The van der Waals surface area contributed by atoms with Crippen LogP contribution in [-0.2, 0) is 0 Å². The van der Waals surface area contributed by atoms with Crippen molar-refractivity contribution in [1.29, 1.82) is 0 Å². The lowest BCUT2D eigenvalue weighted by molar-refractivity contribution is 0.0724. The number of amides is 2.